The van der Waals surface area contributed by atoms with E-state index < -0.39 is 33.7 Å². The molecule has 0 fully saturated rings. The molecule has 0 radical (unpaired) electrons. The van der Waals surface area contributed by atoms with Gasteiger partial charge in [-0.05, 0) is 12.8 Å². The highest BCUT2D eigenvalue weighted by atomic mass is 32.2. The van der Waals surface area contributed by atoms with E-state index in [1.54, 1.807) is 0 Å². The lowest BCUT2D eigenvalue weighted by atomic mass is 10.0. The Labute approximate surface area is 284 Å². The van der Waals surface area contributed by atoms with Crippen LogP contribution in [0.2, 0.25) is 0 Å². The first-order valence-corrected chi connectivity index (χ1v) is 21.1. The molecular weight excluding hydrogens is 600 g/mol. The highest BCUT2D eigenvalue weighted by molar-refractivity contribution is 7.87. The summed E-state index contributed by atoms with van der Waals surface area (Å²) in [5, 5.41) is -1.93. The quantitative estimate of drug-likeness (QED) is 0.0400. The van der Waals surface area contributed by atoms with Gasteiger partial charge in [-0.25, -0.2) is 0 Å². The zero-order valence-corrected chi connectivity index (χ0v) is 31.0. The molecule has 1 unspecified atom stereocenters. The molecule has 0 rings (SSSR count). The van der Waals surface area contributed by atoms with Crippen molar-refractivity contribution in [2.24, 2.45) is 0 Å². The van der Waals surface area contributed by atoms with Crippen LogP contribution in [-0.4, -0.2) is 43.4 Å². The normalized spacial score (nSPS) is 12.3. The van der Waals surface area contributed by atoms with Crippen molar-refractivity contribution < 1.29 is 32.0 Å². The Hall–Kier alpha value is -1.15. The van der Waals surface area contributed by atoms with E-state index in [2.05, 4.69) is 13.8 Å². The van der Waals surface area contributed by atoms with Gasteiger partial charge in [0.05, 0.1) is 19.6 Å². The number of rotatable bonds is 36. The second kappa shape index (κ2) is 33.7. The molecule has 0 aromatic rings. The van der Waals surface area contributed by atoms with Crippen LogP contribution < -0.4 is 0 Å². The topological polar surface area (TPSA) is 107 Å². The van der Waals surface area contributed by atoms with Crippen molar-refractivity contribution in [3.8, 4) is 0 Å². The van der Waals surface area contributed by atoms with Gasteiger partial charge in [-0.1, -0.05) is 194 Å². The molecule has 0 spiro atoms. The van der Waals surface area contributed by atoms with Gasteiger partial charge in [0.25, 0.3) is 10.1 Å². The number of carbonyl (C=O) groups is 2. The minimum Gasteiger partial charge on any atom is -0.466 e. The van der Waals surface area contributed by atoms with Crippen LogP contribution in [0.15, 0.2) is 0 Å². The first-order valence-electron chi connectivity index (χ1n) is 19.6. The molecule has 0 heterocycles. The van der Waals surface area contributed by atoms with Gasteiger partial charge in [0.2, 0.25) is 0 Å². The van der Waals surface area contributed by atoms with Gasteiger partial charge in [0.15, 0.2) is 5.25 Å². The van der Waals surface area contributed by atoms with Crippen molar-refractivity contribution in [1.29, 1.82) is 0 Å². The zero-order chi connectivity index (χ0) is 34.0. The summed E-state index contributed by atoms with van der Waals surface area (Å²) in [6.45, 7) is 4.77. The second-order valence-electron chi connectivity index (χ2n) is 13.5. The highest BCUT2D eigenvalue weighted by Crippen LogP contribution is 2.16. The standard InChI is InChI=1S/C38H74O7S/c1-3-5-7-9-11-13-15-17-19-20-22-24-26-28-30-32-34-45-38(40)36(46(41,42)43)35-37(39)44-33-31-29-27-25-23-21-18-16-14-12-10-8-6-4-2/h36H,3-35H2,1-2H3,(H,41,42,43). The molecular formula is C38H74O7S. The maximum absolute atomic E-state index is 12.3. The fourth-order valence-corrected chi connectivity index (χ4v) is 6.58. The predicted molar refractivity (Wildman–Crippen MR) is 192 cm³/mol. The van der Waals surface area contributed by atoms with E-state index in [9.17, 15) is 22.6 Å². The van der Waals surface area contributed by atoms with Crippen LogP contribution in [0.3, 0.4) is 0 Å². The summed E-state index contributed by atoms with van der Waals surface area (Å²) in [5.41, 5.74) is 0. The third-order valence-corrected chi connectivity index (χ3v) is 10.1. The van der Waals surface area contributed by atoms with Gasteiger partial charge in [-0.15, -0.1) is 0 Å². The van der Waals surface area contributed by atoms with Crippen molar-refractivity contribution >= 4 is 22.1 Å². The van der Waals surface area contributed by atoms with Crippen molar-refractivity contribution in [3.63, 3.8) is 0 Å². The summed E-state index contributed by atoms with van der Waals surface area (Å²) >= 11 is 0. The molecule has 8 heteroatoms. The first kappa shape index (κ1) is 44.9. The van der Waals surface area contributed by atoms with E-state index in [-0.39, 0.29) is 13.2 Å². The Balaban J connectivity index is 3.75. The monoisotopic (exact) mass is 675 g/mol. The molecule has 0 aliphatic heterocycles. The molecule has 7 nitrogen and oxygen atoms in total. The average Bonchev–Trinajstić information content (AvgIpc) is 3.02. The summed E-state index contributed by atoms with van der Waals surface area (Å²) in [5.74, 6) is -1.89. The molecule has 0 aliphatic carbocycles. The molecule has 0 bridgehead atoms. The molecule has 0 saturated heterocycles. The molecule has 0 aromatic carbocycles. The molecule has 46 heavy (non-hydrogen) atoms. The van der Waals surface area contributed by atoms with E-state index >= 15 is 0 Å². The minimum absolute atomic E-state index is 0.0807. The van der Waals surface area contributed by atoms with Crippen LogP contribution in [-0.2, 0) is 29.2 Å². The molecule has 1 atom stereocenters. The van der Waals surface area contributed by atoms with Gasteiger partial charge in [-0.3, -0.25) is 14.1 Å². The summed E-state index contributed by atoms with van der Waals surface area (Å²) in [4.78, 5) is 24.5. The number of carbonyl (C=O) groups excluding carboxylic acids is 2. The van der Waals surface area contributed by atoms with E-state index in [0.717, 1.165) is 32.1 Å². The Morgan fingerprint density at radius 2 is 0.717 bits per heavy atom. The van der Waals surface area contributed by atoms with Crippen LogP contribution in [0.1, 0.15) is 213 Å². The van der Waals surface area contributed by atoms with Crippen molar-refractivity contribution in [2.45, 2.75) is 218 Å². The van der Waals surface area contributed by atoms with Gasteiger partial charge in [-0.2, -0.15) is 8.42 Å². The van der Waals surface area contributed by atoms with Crippen LogP contribution in [0.5, 0.6) is 0 Å². The molecule has 0 aromatic heterocycles. The number of hydrogen-bond acceptors (Lipinski definition) is 6. The van der Waals surface area contributed by atoms with E-state index in [4.69, 9.17) is 9.47 Å². The van der Waals surface area contributed by atoms with Gasteiger partial charge >= 0.3 is 11.9 Å². The molecule has 0 saturated carbocycles. The average molecular weight is 675 g/mol. The number of ether oxygens (including phenoxy) is 2. The molecule has 0 amide bonds. The number of hydrogen-bond donors (Lipinski definition) is 1. The second-order valence-corrected chi connectivity index (χ2v) is 15.1. The first-order chi connectivity index (χ1) is 22.3. The summed E-state index contributed by atoms with van der Waals surface area (Å²) < 4.78 is 43.2. The van der Waals surface area contributed by atoms with E-state index in [1.807, 2.05) is 0 Å². The van der Waals surface area contributed by atoms with Crippen molar-refractivity contribution in [2.75, 3.05) is 13.2 Å². The lowest BCUT2D eigenvalue weighted by Crippen LogP contribution is -2.34. The molecule has 274 valence electrons. The smallest absolute Gasteiger partial charge is 0.327 e. The summed E-state index contributed by atoms with van der Waals surface area (Å²) in [7, 11) is -4.77. The van der Waals surface area contributed by atoms with Gasteiger partial charge in [0, 0.05) is 0 Å². The third kappa shape index (κ3) is 31.4. The zero-order valence-electron chi connectivity index (χ0n) is 30.2. The Kier molecular flexibility index (Phi) is 32.9. The minimum atomic E-state index is -4.77. The van der Waals surface area contributed by atoms with Crippen molar-refractivity contribution in [1.82, 2.24) is 0 Å². The summed E-state index contributed by atoms with van der Waals surface area (Å²) in [6.07, 6.45) is 36.2. The summed E-state index contributed by atoms with van der Waals surface area (Å²) in [6, 6.07) is 0. The Morgan fingerprint density at radius 3 is 1.00 bits per heavy atom. The SMILES string of the molecule is CCCCCCCCCCCCCCCCCCOC(=O)C(CC(=O)OCCCCCCCCCCCCCCCC)S(=O)(=O)O. The Morgan fingerprint density at radius 1 is 0.457 bits per heavy atom. The molecule has 1 N–H and O–H groups in total. The van der Waals surface area contributed by atoms with Gasteiger partial charge in [0.1, 0.15) is 0 Å². The maximum Gasteiger partial charge on any atom is 0.327 e. The van der Waals surface area contributed by atoms with Crippen LogP contribution in [0, 0.1) is 0 Å². The Bertz CT molecular complexity index is 784. The predicted octanol–water partition coefficient (Wildman–Crippen LogP) is 11.5. The van der Waals surface area contributed by atoms with Gasteiger partial charge < -0.3 is 9.47 Å². The fraction of sp³-hybridized carbons (Fsp3) is 0.947. The molecule has 0 aliphatic rings. The lowest BCUT2D eigenvalue weighted by Gasteiger charge is -2.13. The van der Waals surface area contributed by atoms with Crippen LogP contribution >= 0.6 is 0 Å². The largest absolute Gasteiger partial charge is 0.466 e. The van der Waals surface area contributed by atoms with E-state index in [1.165, 1.54) is 148 Å². The van der Waals surface area contributed by atoms with E-state index in [0.29, 0.717) is 12.8 Å². The lowest BCUT2D eigenvalue weighted by molar-refractivity contribution is -0.150. The van der Waals surface area contributed by atoms with Crippen molar-refractivity contribution in [3.05, 3.63) is 0 Å². The number of unbranched alkanes of at least 4 members (excludes halogenated alkanes) is 28. The highest BCUT2D eigenvalue weighted by Gasteiger charge is 2.35. The third-order valence-electron chi connectivity index (χ3n) is 8.98. The van der Waals surface area contributed by atoms with Crippen LogP contribution in [0.25, 0.3) is 0 Å². The fourth-order valence-electron chi connectivity index (χ4n) is 5.92. The van der Waals surface area contributed by atoms with Crippen LogP contribution in [0.4, 0.5) is 0 Å². The maximum atomic E-state index is 12.3. The number of esters is 2.